The molecule has 118 valence electrons. The van der Waals surface area contributed by atoms with E-state index in [1.807, 2.05) is 61.5 Å². The van der Waals surface area contributed by atoms with Crippen LogP contribution >= 0.6 is 0 Å². The van der Waals surface area contributed by atoms with Crippen LogP contribution in [-0.2, 0) is 6.42 Å². The molecule has 2 aromatic carbocycles. The van der Waals surface area contributed by atoms with Crippen molar-refractivity contribution in [1.82, 2.24) is 20.3 Å². The van der Waals surface area contributed by atoms with Crippen molar-refractivity contribution in [3.8, 4) is 22.8 Å². The maximum atomic E-state index is 5.69. The van der Waals surface area contributed by atoms with Gasteiger partial charge in [0.2, 0.25) is 23.5 Å². The monoisotopic (exact) mass is 318 g/mol. The summed E-state index contributed by atoms with van der Waals surface area (Å²) in [6, 6.07) is 17.6. The van der Waals surface area contributed by atoms with Crippen molar-refractivity contribution in [2.75, 3.05) is 0 Å². The minimum atomic E-state index is 0.304. The van der Waals surface area contributed by atoms with Gasteiger partial charge in [-0.05, 0) is 19.1 Å². The van der Waals surface area contributed by atoms with E-state index in [-0.39, 0.29) is 0 Å². The Balaban J connectivity index is 1.54. The van der Waals surface area contributed by atoms with E-state index in [0.717, 1.165) is 16.7 Å². The van der Waals surface area contributed by atoms with Crippen LogP contribution in [0.15, 0.2) is 63.5 Å². The van der Waals surface area contributed by atoms with E-state index in [4.69, 9.17) is 8.94 Å². The highest BCUT2D eigenvalue weighted by Gasteiger charge is 2.14. The molecule has 4 rings (SSSR count). The number of rotatable bonds is 4. The summed E-state index contributed by atoms with van der Waals surface area (Å²) >= 11 is 0. The van der Waals surface area contributed by atoms with Gasteiger partial charge in [-0.1, -0.05) is 53.2 Å². The lowest BCUT2D eigenvalue weighted by molar-refractivity contribution is 0.374. The van der Waals surface area contributed by atoms with Crippen molar-refractivity contribution in [1.29, 1.82) is 0 Å². The highest BCUT2D eigenvalue weighted by atomic mass is 16.5. The van der Waals surface area contributed by atoms with Gasteiger partial charge in [0.1, 0.15) is 6.42 Å². The van der Waals surface area contributed by atoms with Gasteiger partial charge in [-0.25, -0.2) is 0 Å². The van der Waals surface area contributed by atoms with E-state index in [2.05, 4.69) is 20.3 Å². The zero-order chi connectivity index (χ0) is 16.4. The Kier molecular flexibility index (Phi) is 3.63. The van der Waals surface area contributed by atoms with E-state index in [0.29, 0.717) is 29.9 Å². The number of hydrogen-bond acceptors (Lipinski definition) is 6. The minimum absolute atomic E-state index is 0.304. The van der Waals surface area contributed by atoms with Gasteiger partial charge in [0.05, 0.1) is 0 Å². The summed E-state index contributed by atoms with van der Waals surface area (Å²) < 4.78 is 11.0. The Morgan fingerprint density at radius 1 is 0.875 bits per heavy atom. The molecule has 4 aromatic rings. The van der Waals surface area contributed by atoms with Crippen molar-refractivity contribution >= 4 is 0 Å². The first kappa shape index (κ1) is 14.3. The largest absolute Gasteiger partial charge is 0.420 e. The zero-order valence-corrected chi connectivity index (χ0v) is 13.0. The third kappa shape index (κ3) is 2.94. The zero-order valence-electron chi connectivity index (χ0n) is 13.0. The Morgan fingerprint density at radius 3 is 2.54 bits per heavy atom. The quantitative estimate of drug-likeness (QED) is 0.571. The Morgan fingerprint density at radius 2 is 1.71 bits per heavy atom. The van der Waals surface area contributed by atoms with Crippen molar-refractivity contribution in [2.24, 2.45) is 0 Å². The fourth-order valence-corrected chi connectivity index (χ4v) is 2.38. The van der Waals surface area contributed by atoms with Crippen molar-refractivity contribution < 1.29 is 8.94 Å². The molecule has 2 aromatic heterocycles. The van der Waals surface area contributed by atoms with Crippen LogP contribution in [0.4, 0.5) is 0 Å². The molecule has 0 saturated carbocycles. The summed E-state index contributed by atoms with van der Waals surface area (Å²) in [5, 5.41) is 12.1. The van der Waals surface area contributed by atoms with Gasteiger partial charge < -0.3 is 8.94 Å². The van der Waals surface area contributed by atoms with Crippen LogP contribution in [0.1, 0.15) is 17.3 Å². The Hall–Kier alpha value is -3.28. The van der Waals surface area contributed by atoms with Gasteiger partial charge >= 0.3 is 0 Å². The molecule has 24 heavy (non-hydrogen) atoms. The SMILES string of the molecule is Cc1cccc(-c2nnc(Cc3nc(-c4ccccc4)no3)o2)c1. The Bertz CT molecular complexity index is 960. The summed E-state index contributed by atoms with van der Waals surface area (Å²) in [7, 11) is 0. The molecule has 0 spiro atoms. The van der Waals surface area contributed by atoms with Crippen LogP contribution in [-0.4, -0.2) is 20.3 Å². The minimum Gasteiger partial charge on any atom is -0.420 e. The molecular formula is C18H14N4O2. The summed E-state index contributed by atoms with van der Waals surface area (Å²) in [5.41, 5.74) is 2.93. The van der Waals surface area contributed by atoms with Gasteiger partial charge in [-0.2, -0.15) is 4.98 Å². The van der Waals surface area contributed by atoms with E-state index < -0.39 is 0 Å². The van der Waals surface area contributed by atoms with Gasteiger partial charge in [0, 0.05) is 11.1 Å². The first-order chi connectivity index (χ1) is 11.8. The first-order valence-corrected chi connectivity index (χ1v) is 7.55. The van der Waals surface area contributed by atoms with Crippen LogP contribution in [0, 0.1) is 6.92 Å². The number of aryl methyl sites for hydroxylation is 1. The number of benzene rings is 2. The molecule has 6 heteroatoms. The van der Waals surface area contributed by atoms with E-state index >= 15 is 0 Å². The summed E-state index contributed by atoms with van der Waals surface area (Å²) in [4.78, 5) is 4.37. The number of aromatic nitrogens is 4. The predicted molar refractivity (Wildman–Crippen MR) is 87.0 cm³/mol. The summed E-state index contributed by atoms with van der Waals surface area (Å²) in [5.74, 6) is 1.91. The van der Waals surface area contributed by atoms with Crippen LogP contribution in [0.2, 0.25) is 0 Å². The lowest BCUT2D eigenvalue weighted by Gasteiger charge is -1.95. The summed E-state index contributed by atoms with van der Waals surface area (Å²) in [6.07, 6.45) is 0.304. The van der Waals surface area contributed by atoms with E-state index in [9.17, 15) is 0 Å². The maximum absolute atomic E-state index is 5.69. The van der Waals surface area contributed by atoms with Gasteiger partial charge in [-0.3, -0.25) is 0 Å². The molecule has 0 unspecified atom stereocenters. The van der Waals surface area contributed by atoms with Crippen molar-refractivity contribution in [2.45, 2.75) is 13.3 Å². The lowest BCUT2D eigenvalue weighted by atomic mass is 10.1. The number of hydrogen-bond donors (Lipinski definition) is 0. The molecular weight excluding hydrogens is 304 g/mol. The second kappa shape index (κ2) is 6.08. The van der Waals surface area contributed by atoms with E-state index in [1.54, 1.807) is 0 Å². The smallest absolute Gasteiger partial charge is 0.247 e. The molecule has 0 N–H and O–H groups in total. The maximum Gasteiger partial charge on any atom is 0.247 e. The fraction of sp³-hybridized carbons (Fsp3) is 0.111. The third-order valence-electron chi connectivity index (χ3n) is 3.53. The van der Waals surface area contributed by atoms with Crippen LogP contribution in [0.3, 0.4) is 0 Å². The summed E-state index contributed by atoms with van der Waals surface area (Å²) in [6.45, 7) is 2.02. The van der Waals surface area contributed by atoms with Crippen molar-refractivity contribution in [3.63, 3.8) is 0 Å². The second-order valence-electron chi connectivity index (χ2n) is 5.42. The van der Waals surface area contributed by atoms with E-state index in [1.165, 1.54) is 0 Å². The molecule has 0 aliphatic rings. The number of nitrogens with zero attached hydrogens (tertiary/aromatic N) is 4. The topological polar surface area (TPSA) is 77.8 Å². The molecule has 0 atom stereocenters. The molecule has 0 aliphatic heterocycles. The standard InChI is InChI=1S/C18H14N4O2/c1-12-6-5-9-14(10-12)18-21-20-16(23-18)11-15-19-17(22-24-15)13-7-3-2-4-8-13/h2-10H,11H2,1H3. The normalized spacial score (nSPS) is 10.9. The van der Waals surface area contributed by atoms with Gasteiger partial charge in [0.15, 0.2) is 0 Å². The molecule has 0 aliphatic carbocycles. The highest BCUT2D eigenvalue weighted by molar-refractivity contribution is 5.54. The predicted octanol–water partition coefficient (Wildman–Crippen LogP) is 3.69. The molecule has 2 heterocycles. The fourth-order valence-electron chi connectivity index (χ4n) is 2.38. The average Bonchev–Trinajstić information content (AvgIpc) is 3.26. The van der Waals surface area contributed by atoms with Gasteiger partial charge in [-0.15, -0.1) is 10.2 Å². The molecule has 0 amide bonds. The molecule has 0 bridgehead atoms. The Labute approximate surface area is 138 Å². The molecule has 6 nitrogen and oxygen atoms in total. The van der Waals surface area contributed by atoms with Gasteiger partial charge in [0.25, 0.3) is 0 Å². The van der Waals surface area contributed by atoms with Crippen LogP contribution < -0.4 is 0 Å². The first-order valence-electron chi connectivity index (χ1n) is 7.55. The molecule has 0 saturated heterocycles. The lowest BCUT2D eigenvalue weighted by Crippen LogP contribution is -1.88. The second-order valence-corrected chi connectivity index (χ2v) is 5.42. The average molecular weight is 318 g/mol. The van der Waals surface area contributed by atoms with Crippen LogP contribution in [0.25, 0.3) is 22.8 Å². The van der Waals surface area contributed by atoms with Crippen molar-refractivity contribution in [3.05, 3.63) is 71.9 Å². The van der Waals surface area contributed by atoms with Crippen LogP contribution in [0.5, 0.6) is 0 Å². The molecule has 0 fully saturated rings. The third-order valence-corrected chi connectivity index (χ3v) is 3.53. The highest BCUT2D eigenvalue weighted by Crippen LogP contribution is 2.20. The molecule has 0 radical (unpaired) electrons.